The van der Waals surface area contributed by atoms with Crippen LogP contribution < -0.4 is 5.32 Å². The van der Waals surface area contributed by atoms with E-state index in [1.54, 1.807) is 54.3 Å². The molecule has 0 aliphatic heterocycles. The second-order valence-electron chi connectivity index (χ2n) is 7.75. The zero-order valence-electron chi connectivity index (χ0n) is 17.8. The van der Waals surface area contributed by atoms with Crippen molar-refractivity contribution >= 4 is 28.1 Å². The Labute approximate surface area is 188 Å². The van der Waals surface area contributed by atoms with Gasteiger partial charge in [-0.15, -0.1) is 0 Å². The van der Waals surface area contributed by atoms with E-state index in [1.807, 2.05) is 10.6 Å². The molecule has 0 aliphatic rings. The Morgan fingerprint density at radius 2 is 1.91 bits per heavy atom. The van der Waals surface area contributed by atoms with Crippen LogP contribution in [0, 0.1) is 11.6 Å². The third kappa shape index (κ3) is 4.20. The summed E-state index contributed by atoms with van der Waals surface area (Å²) in [6.45, 7) is 0.648. The number of aromatic nitrogens is 3. The maximum Gasteiger partial charge on any atom is 0.272 e. The highest BCUT2D eigenvalue weighted by atomic mass is 19.1. The number of nitrogens with zero attached hydrogens (tertiary/aromatic N) is 3. The van der Waals surface area contributed by atoms with E-state index < -0.39 is 5.82 Å². The Hall–Kier alpha value is -4.04. The highest BCUT2D eigenvalue weighted by Gasteiger charge is 2.17. The molecule has 1 N–H and O–H groups in total. The fraction of sp³-hybridized carbons (Fsp3) is 0.120. The van der Waals surface area contributed by atoms with Gasteiger partial charge < -0.3 is 19.0 Å². The van der Waals surface area contributed by atoms with Crippen LogP contribution in [0.4, 0.5) is 14.5 Å². The lowest BCUT2D eigenvalue weighted by Gasteiger charge is -2.12. The summed E-state index contributed by atoms with van der Waals surface area (Å²) in [6.07, 6.45) is 3.66. The van der Waals surface area contributed by atoms with Crippen LogP contribution in [0.1, 0.15) is 21.7 Å². The largest absolute Gasteiger partial charge is 0.378 e. The molecule has 0 bridgehead atoms. The number of carbonyl (C=O) groups excluding carboxylic acids is 1. The Kier molecular flexibility index (Phi) is 5.35. The standard InChI is InChI=1S/C25H20F2N4O2/c1-33-15-21-14-30-8-7-20(12-24(30)28-21)29-25(32)23-11-17-10-19(27)5-6-22(17)31(23)13-16-3-2-4-18(26)9-16/h2-12,14H,13,15H2,1H3,(H,29,32). The number of ether oxygens (including phenoxy) is 1. The molecule has 0 atom stereocenters. The molecule has 0 aliphatic carbocycles. The number of pyridine rings is 1. The van der Waals surface area contributed by atoms with Gasteiger partial charge in [0.1, 0.15) is 23.0 Å². The number of benzene rings is 2. The summed E-state index contributed by atoms with van der Waals surface area (Å²) in [6, 6.07) is 15.7. The zero-order valence-corrected chi connectivity index (χ0v) is 17.8. The van der Waals surface area contributed by atoms with E-state index >= 15 is 0 Å². The average Bonchev–Trinajstić information content (AvgIpc) is 3.34. The third-order valence-electron chi connectivity index (χ3n) is 5.39. The molecule has 1 amide bonds. The first-order valence-electron chi connectivity index (χ1n) is 10.3. The maximum absolute atomic E-state index is 13.8. The lowest BCUT2D eigenvalue weighted by molar-refractivity contribution is 0.101. The Balaban J connectivity index is 1.50. The van der Waals surface area contributed by atoms with Gasteiger partial charge in [0, 0.05) is 48.7 Å². The van der Waals surface area contributed by atoms with Gasteiger partial charge in [-0.3, -0.25) is 4.79 Å². The van der Waals surface area contributed by atoms with Gasteiger partial charge in [-0.1, -0.05) is 12.1 Å². The van der Waals surface area contributed by atoms with E-state index in [9.17, 15) is 13.6 Å². The molecule has 8 heteroatoms. The van der Waals surface area contributed by atoms with Gasteiger partial charge in [-0.25, -0.2) is 13.8 Å². The molecule has 3 aromatic heterocycles. The van der Waals surface area contributed by atoms with E-state index in [-0.39, 0.29) is 18.3 Å². The van der Waals surface area contributed by atoms with Gasteiger partial charge in [-0.2, -0.15) is 0 Å². The summed E-state index contributed by atoms with van der Waals surface area (Å²) in [5.41, 5.74) is 3.72. The normalized spacial score (nSPS) is 11.4. The van der Waals surface area contributed by atoms with Crippen LogP contribution in [-0.2, 0) is 17.9 Å². The number of anilines is 1. The van der Waals surface area contributed by atoms with E-state index in [1.165, 1.54) is 24.3 Å². The van der Waals surface area contributed by atoms with Crippen molar-refractivity contribution in [1.82, 2.24) is 14.0 Å². The van der Waals surface area contributed by atoms with Crippen LogP contribution in [0.5, 0.6) is 0 Å². The first-order valence-corrected chi connectivity index (χ1v) is 10.3. The molecule has 0 spiro atoms. The second kappa shape index (κ2) is 8.48. The Morgan fingerprint density at radius 1 is 1.06 bits per heavy atom. The molecular weight excluding hydrogens is 426 g/mol. The van der Waals surface area contributed by atoms with Gasteiger partial charge in [-0.05, 0) is 48.0 Å². The molecule has 0 saturated heterocycles. The fourth-order valence-electron chi connectivity index (χ4n) is 3.94. The summed E-state index contributed by atoms with van der Waals surface area (Å²) in [5.74, 6) is -1.12. The van der Waals surface area contributed by atoms with Crippen molar-refractivity contribution in [3.05, 3.63) is 102 Å². The molecule has 5 aromatic rings. The lowest BCUT2D eigenvalue weighted by atomic mass is 10.2. The topological polar surface area (TPSA) is 60.6 Å². The molecule has 3 heterocycles. The number of halogens is 2. The molecule has 2 aromatic carbocycles. The SMILES string of the molecule is COCc1cn2ccc(NC(=O)c3cc4cc(F)ccc4n3Cc3cccc(F)c3)cc2n1. The molecular formula is C25H20F2N4O2. The van der Waals surface area contributed by atoms with E-state index in [4.69, 9.17) is 4.74 Å². The van der Waals surface area contributed by atoms with Crippen LogP contribution in [0.15, 0.2) is 73.1 Å². The number of fused-ring (bicyclic) bond motifs is 2. The van der Waals surface area contributed by atoms with Crippen molar-refractivity contribution < 1.29 is 18.3 Å². The summed E-state index contributed by atoms with van der Waals surface area (Å²) in [4.78, 5) is 17.7. The summed E-state index contributed by atoms with van der Waals surface area (Å²) >= 11 is 0. The minimum atomic E-state index is -0.394. The van der Waals surface area contributed by atoms with Crippen molar-refractivity contribution in [3.8, 4) is 0 Å². The van der Waals surface area contributed by atoms with Crippen LogP contribution in [0.2, 0.25) is 0 Å². The number of hydrogen-bond acceptors (Lipinski definition) is 3. The number of carbonyl (C=O) groups is 1. The molecule has 0 saturated carbocycles. The number of hydrogen-bond donors (Lipinski definition) is 1. The molecule has 33 heavy (non-hydrogen) atoms. The number of methoxy groups -OCH3 is 1. The fourth-order valence-corrected chi connectivity index (χ4v) is 3.94. The number of imidazole rings is 1. The molecule has 0 fully saturated rings. The van der Waals surface area contributed by atoms with E-state index in [0.29, 0.717) is 40.1 Å². The summed E-state index contributed by atoms with van der Waals surface area (Å²) in [5, 5.41) is 3.48. The first kappa shape index (κ1) is 20.8. The van der Waals surface area contributed by atoms with Crippen molar-refractivity contribution in [2.24, 2.45) is 0 Å². The number of rotatable bonds is 6. The predicted octanol–water partition coefficient (Wildman–Crippen LogP) is 5.01. The van der Waals surface area contributed by atoms with E-state index in [0.717, 1.165) is 5.69 Å². The molecule has 6 nitrogen and oxygen atoms in total. The van der Waals surface area contributed by atoms with Crippen LogP contribution in [0.25, 0.3) is 16.6 Å². The van der Waals surface area contributed by atoms with Gasteiger partial charge in [0.05, 0.1) is 12.3 Å². The molecule has 0 radical (unpaired) electrons. The van der Waals surface area contributed by atoms with Crippen molar-refractivity contribution in [3.63, 3.8) is 0 Å². The van der Waals surface area contributed by atoms with Crippen LogP contribution in [-0.4, -0.2) is 27.0 Å². The van der Waals surface area contributed by atoms with Gasteiger partial charge in [0.15, 0.2) is 0 Å². The maximum atomic E-state index is 13.8. The minimum absolute atomic E-state index is 0.259. The molecule has 5 rings (SSSR count). The summed E-state index contributed by atoms with van der Waals surface area (Å²) < 4.78 is 36.3. The third-order valence-corrected chi connectivity index (χ3v) is 5.39. The average molecular weight is 446 g/mol. The lowest BCUT2D eigenvalue weighted by Crippen LogP contribution is -2.17. The predicted molar refractivity (Wildman–Crippen MR) is 121 cm³/mol. The number of nitrogens with one attached hydrogen (secondary N) is 1. The second-order valence-corrected chi connectivity index (χ2v) is 7.75. The van der Waals surface area contributed by atoms with Gasteiger partial charge >= 0.3 is 0 Å². The first-order chi connectivity index (χ1) is 16.0. The highest BCUT2D eigenvalue weighted by molar-refractivity contribution is 6.06. The van der Waals surface area contributed by atoms with E-state index in [2.05, 4.69) is 10.3 Å². The van der Waals surface area contributed by atoms with Crippen molar-refractivity contribution in [1.29, 1.82) is 0 Å². The highest BCUT2D eigenvalue weighted by Crippen LogP contribution is 2.24. The Bertz CT molecular complexity index is 1490. The number of amides is 1. The van der Waals surface area contributed by atoms with Crippen molar-refractivity contribution in [2.75, 3.05) is 12.4 Å². The zero-order chi connectivity index (χ0) is 22.9. The van der Waals surface area contributed by atoms with Crippen LogP contribution >= 0.6 is 0 Å². The monoisotopic (exact) mass is 446 g/mol. The quantitative estimate of drug-likeness (QED) is 0.399. The molecule has 166 valence electrons. The summed E-state index contributed by atoms with van der Waals surface area (Å²) in [7, 11) is 1.60. The van der Waals surface area contributed by atoms with Crippen LogP contribution in [0.3, 0.4) is 0 Å². The van der Waals surface area contributed by atoms with Gasteiger partial charge in [0.25, 0.3) is 5.91 Å². The molecule has 0 unspecified atom stereocenters. The minimum Gasteiger partial charge on any atom is -0.378 e. The Morgan fingerprint density at radius 3 is 2.73 bits per heavy atom. The van der Waals surface area contributed by atoms with Gasteiger partial charge in [0.2, 0.25) is 0 Å². The van der Waals surface area contributed by atoms with Crippen molar-refractivity contribution in [2.45, 2.75) is 13.2 Å². The smallest absolute Gasteiger partial charge is 0.272 e.